The molecule has 9 nitrogen and oxygen atoms in total. The SMILES string of the molecule is COCCOCC(=O)N1CCN(CCCCN2C(=S)N(c3ccc(C#N)c(C(F)(F)F)c3)C(=O)C2(C)C)CC1. The van der Waals surface area contributed by atoms with Crippen molar-refractivity contribution < 1.29 is 32.2 Å². The van der Waals surface area contributed by atoms with Crippen molar-refractivity contribution in [2.45, 2.75) is 38.4 Å². The average molecular weight is 570 g/mol. The number of ether oxygens (including phenoxy) is 2. The fourth-order valence-electron chi connectivity index (χ4n) is 4.66. The number of halogens is 3. The summed E-state index contributed by atoms with van der Waals surface area (Å²) in [6, 6.07) is 4.73. The Morgan fingerprint density at radius 3 is 2.41 bits per heavy atom. The zero-order valence-electron chi connectivity index (χ0n) is 22.4. The van der Waals surface area contributed by atoms with Gasteiger partial charge in [-0.2, -0.15) is 18.4 Å². The molecular formula is C26H34F3N5O4S. The molecule has 2 fully saturated rings. The number of carbonyl (C=O) groups excluding carboxylic acids is 2. The molecule has 1 aromatic rings. The predicted octanol–water partition coefficient (Wildman–Crippen LogP) is 2.88. The van der Waals surface area contributed by atoms with Crippen molar-refractivity contribution in [2.75, 3.05) is 71.1 Å². The maximum Gasteiger partial charge on any atom is 0.417 e. The second kappa shape index (κ2) is 13.0. The van der Waals surface area contributed by atoms with Crippen molar-refractivity contribution >= 4 is 34.8 Å². The molecule has 13 heteroatoms. The van der Waals surface area contributed by atoms with Gasteiger partial charge in [-0.3, -0.25) is 19.4 Å². The number of unbranched alkanes of at least 4 members (excludes halogenated alkanes) is 1. The molecule has 0 spiro atoms. The Balaban J connectivity index is 1.52. The lowest BCUT2D eigenvalue weighted by atomic mass is 10.0. The first kappa shape index (κ1) is 30.7. The maximum absolute atomic E-state index is 13.5. The molecule has 0 N–H and O–H groups in total. The molecule has 2 saturated heterocycles. The molecule has 2 aliphatic rings. The van der Waals surface area contributed by atoms with E-state index in [2.05, 4.69) is 4.90 Å². The number of alkyl halides is 3. The topological polar surface area (TPSA) is 89.3 Å². The van der Waals surface area contributed by atoms with E-state index >= 15 is 0 Å². The normalized spacial score (nSPS) is 18.1. The maximum atomic E-state index is 13.5. The van der Waals surface area contributed by atoms with Gasteiger partial charge in [-0.05, 0) is 63.7 Å². The van der Waals surface area contributed by atoms with Crippen LogP contribution < -0.4 is 4.90 Å². The number of hydrogen-bond acceptors (Lipinski definition) is 7. The van der Waals surface area contributed by atoms with Gasteiger partial charge in [0.05, 0.1) is 36.1 Å². The Morgan fingerprint density at radius 1 is 1.13 bits per heavy atom. The number of benzene rings is 1. The lowest BCUT2D eigenvalue weighted by Gasteiger charge is -2.35. The van der Waals surface area contributed by atoms with E-state index < -0.39 is 28.7 Å². The van der Waals surface area contributed by atoms with E-state index in [1.54, 1.807) is 36.8 Å². The van der Waals surface area contributed by atoms with E-state index in [4.69, 9.17) is 27.0 Å². The second-order valence-corrected chi connectivity index (χ2v) is 10.3. The highest BCUT2D eigenvalue weighted by atomic mass is 32.1. The number of methoxy groups -OCH3 is 1. The molecule has 2 heterocycles. The molecule has 3 rings (SSSR count). The molecule has 0 atom stereocenters. The monoisotopic (exact) mass is 569 g/mol. The predicted molar refractivity (Wildman–Crippen MR) is 142 cm³/mol. The van der Waals surface area contributed by atoms with Gasteiger partial charge in [-0.15, -0.1) is 0 Å². The average Bonchev–Trinajstić information content (AvgIpc) is 3.07. The number of rotatable bonds is 11. The summed E-state index contributed by atoms with van der Waals surface area (Å²) in [5.41, 5.74) is -2.65. The van der Waals surface area contributed by atoms with Crippen molar-refractivity contribution in [1.82, 2.24) is 14.7 Å². The summed E-state index contributed by atoms with van der Waals surface area (Å²) in [6.07, 6.45) is -3.19. The summed E-state index contributed by atoms with van der Waals surface area (Å²) in [4.78, 5) is 32.4. The third-order valence-electron chi connectivity index (χ3n) is 7.00. The Bertz CT molecular complexity index is 1100. The molecule has 0 saturated carbocycles. The number of piperazine rings is 1. The first-order valence-corrected chi connectivity index (χ1v) is 13.2. The van der Waals surface area contributed by atoms with Gasteiger partial charge in [0.15, 0.2) is 5.11 Å². The molecule has 0 aliphatic carbocycles. The van der Waals surface area contributed by atoms with Crippen LogP contribution >= 0.6 is 12.2 Å². The van der Waals surface area contributed by atoms with Gasteiger partial charge in [0, 0.05) is 39.8 Å². The summed E-state index contributed by atoms with van der Waals surface area (Å²) in [6.45, 7) is 8.32. The minimum absolute atomic E-state index is 0.0107. The fraction of sp³-hybridized carbons (Fsp3) is 0.615. The van der Waals surface area contributed by atoms with E-state index in [0.717, 1.165) is 49.5 Å². The van der Waals surface area contributed by atoms with Gasteiger partial charge in [0.2, 0.25) is 5.91 Å². The van der Waals surface area contributed by atoms with Crippen molar-refractivity contribution in [2.24, 2.45) is 0 Å². The van der Waals surface area contributed by atoms with Gasteiger partial charge < -0.3 is 19.3 Å². The van der Waals surface area contributed by atoms with E-state index in [0.29, 0.717) is 32.8 Å². The number of thiocarbonyl (C=S) groups is 1. The largest absolute Gasteiger partial charge is 0.417 e. The van der Waals surface area contributed by atoms with Crippen LogP contribution in [0.15, 0.2) is 18.2 Å². The molecule has 2 aliphatic heterocycles. The van der Waals surface area contributed by atoms with Crippen LogP contribution in [0.2, 0.25) is 0 Å². The molecule has 1 aromatic carbocycles. The third kappa shape index (κ3) is 7.25. The van der Waals surface area contributed by atoms with Gasteiger partial charge in [-0.25, -0.2) is 0 Å². The summed E-state index contributed by atoms with van der Waals surface area (Å²) >= 11 is 5.54. The summed E-state index contributed by atoms with van der Waals surface area (Å²) in [7, 11) is 1.58. The van der Waals surface area contributed by atoms with Crippen molar-refractivity contribution in [3.8, 4) is 6.07 Å². The number of nitriles is 1. The first-order valence-electron chi connectivity index (χ1n) is 12.8. The number of nitrogens with zero attached hydrogens (tertiary/aromatic N) is 5. The minimum Gasteiger partial charge on any atom is -0.382 e. The van der Waals surface area contributed by atoms with Crippen LogP contribution in [-0.4, -0.2) is 103 Å². The lowest BCUT2D eigenvalue weighted by Crippen LogP contribution is -2.50. The van der Waals surface area contributed by atoms with Crippen molar-refractivity contribution in [3.05, 3.63) is 29.3 Å². The number of amides is 2. The van der Waals surface area contributed by atoms with E-state index in [-0.39, 0.29) is 23.3 Å². The number of carbonyl (C=O) groups is 2. The standard InChI is InChI=1S/C26H34F3N5O4S/c1-25(2)23(36)34(20-7-6-19(17-30)21(16-20)26(27,28)29)24(39)33(25)9-5-4-8-31-10-12-32(13-11-31)22(35)18-38-15-14-37-3/h6-7,16H,4-5,8-15,18H2,1-3H3. The van der Waals surface area contributed by atoms with Crippen molar-refractivity contribution in [1.29, 1.82) is 5.26 Å². The molecular weight excluding hydrogens is 535 g/mol. The lowest BCUT2D eigenvalue weighted by molar-refractivity contribution is -0.138. The molecule has 39 heavy (non-hydrogen) atoms. The van der Waals surface area contributed by atoms with Gasteiger partial charge in [0.25, 0.3) is 5.91 Å². The van der Waals surface area contributed by atoms with Crippen LogP contribution in [0.5, 0.6) is 0 Å². The van der Waals surface area contributed by atoms with Gasteiger partial charge >= 0.3 is 6.18 Å². The van der Waals surface area contributed by atoms with Crippen LogP contribution in [0.4, 0.5) is 18.9 Å². The molecule has 0 bridgehead atoms. The Labute approximate surface area is 232 Å². The van der Waals surface area contributed by atoms with Crippen molar-refractivity contribution in [3.63, 3.8) is 0 Å². The quantitative estimate of drug-likeness (QED) is 0.297. The highest BCUT2D eigenvalue weighted by Crippen LogP contribution is 2.37. The second-order valence-electron chi connectivity index (χ2n) is 9.95. The van der Waals surface area contributed by atoms with Crippen LogP contribution in [-0.2, 0) is 25.2 Å². The molecule has 2 amide bonds. The molecule has 214 valence electrons. The highest BCUT2D eigenvalue weighted by molar-refractivity contribution is 7.80. The van der Waals surface area contributed by atoms with E-state index in [1.807, 2.05) is 0 Å². The Hall–Kier alpha value is -2.79. The molecule has 0 radical (unpaired) electrons. The van der Waals surface area contributed by atoms with Gasteiger partial charge in [0.1, 0.15) is 12.1 Å². The number of hydrogen-bond donors (Lipinski definition) is 0. The number of anilines is 1. The molecule has 0 aromatic heterocycles. The van der Waals surface area contributed by atoms with Crippen LogP contribution in [0.1, 0.15) is 37.8 Å². The van der Waals surface area contributed by atoms with Crippen LogP contribution in [0.3, 0.4) is 0 Å². The van der Waals surface area contributed by atoms with E-state index in [9.17, 15) is 22.8 Å². The Morgan fingerprint density at radius 2 is 1.79 bits per heavy atom. The van der Waals surface area contributed by atoms with Crippen LogP contribution in [0, 0.1) is 11.3 Å². The summed E-state index contributed by atoms with van der Waals surface area (Å²) in [5.74, 6) is -0.452. The Kier molecular flexibility index (Phi) is 10.3. The fourth-order valence-corrected chi connectivity index (χ4v) is 5.17. The third-order valence-corrected chi connectivity index (χ3v) is 7.40. The minimum atomic E-state index is -4.74. The van der Waals surface area contributed by atoms with Gasteiger partial charge in [-0.1, -0.05) is 0 Å². The summed E-state index contributed by atoms with van der Waals surface area (Å²) in [5, 5.41) is 9.21. The highest BCUT2D eigenvalue weighted by Gasteiger charge is 2.49. The zero-order chi connectivity index (χ0) is 28.8. The van der Waals surface area contributed by atoms with Crippen LogP contribution in [0.25, 0.3) is 0 Å². The van der Waals surface area contributed by atoms with E-state index in [1.165, 1.54) is 6.07 Å². The zero-order valence-corrected chi connectivity index (χ0v) is 23.2. The smallest absolute Gasteiger partial charge is 0.382 e. The molecule has 0 unspecified atom stereocenters. The summed E-state index contributed by atoms with van der Waals surface area (Å²) < 4.78 is 50.7. The first-order chi connectivity index (χ1) is 18.4.